The minimum atomic E-state index is 0.0563. The molecule has 1 aliphatic carbocycles. The van der Waals surface area contributed by atoms with Crippen LogP contribution in [0.1, 0.15) is 42.9 Å². The maximum atomic E-state index is 13.0. The number of thiophene rings is 1. The van der Waals surface area contributed by atoms with Gasteiger partial charge in [-0.2, -0.15) is 11.3 Å². The molecule has 1 aliphatic heterocycles. The van der Waals surface area contributed by atoms with Gasteiger partial charge in [0.05, 0.1) is 13.2 Å². The first kappa shape index (κ1) is 19.3. The number of likely N-dealkylation sites (tertiary alicyclic amines) is 1. The Morgan fingerprint density at radius 2 is 2.14 bits per heavy atom. The van der Waals surface area contributed by atoms with E-state index in [9.17, 15) is 4.79 Å². The lowest BCUT2D eigenvalue weighted by Gasteiger charge is -2.30. The summed E-state index contributed by atoms with van der Waals surface area (Å²) >= 11 is 1.68. The van der Waals surface area contributed by atoms with Crippen molar-refractivity contribution in [2.45, 2.75) is 44.3 Å². The molecule has 2 aromatic rings. The Kier molecular flexibility index (Phi) is 6.17. The van der Waals surface area contributed by atoms with Crippen LogP contribution in [-0.2, 0) is 6.54 Å². The Balaban J connectivity index is 1.44. The molecule has 1 saturated heterocycles. The van der Waals surface area contributed by atoms with E-state index in [2.05, 4.69) is 39.2 Å². The fraction of sp³-hybridized carbons (Fsp3) is 0.500. The van der Waals surface area contributed by atoms with Crippen LogP contribution < -0.4 is 10.1 Å². The van der Waals surface area contributed by atoms with E-state index in [4.69, 9.17) is 4.74 Å². The van der Waals surface area contributed by atoms with Gasteiger partial charge in [-0.3, -0.25) is 4.90 Å². The summed E-state index contributed by atoms with van der Waals surface area (Å²) in [5, 5.41) is 7.44. The summed E-state index contributed by atoms with van der Waals surface area (Å²) in [4.78, 5) is 17.5. The van der Waals surface area contributed by atoms with E-state index in [0.717, 1.165) is 31.7 Å². The standard InChI is InChI=1S/C22H29N3O2S/c1-27-20-6-4-5-18(13-20)21(24-10-2-3-11-24)14-23-22(26)25(19-7-8-19)15-17-9-12-28-16-17/h4-6,9,12-13,16,19,21H,2-3,7-8,10-11,14-15H2,1H3,(H,23,26). The average molecular weight is 400 g/mol. The molecule has 1 saturated carbocycles. The van der Waals surface area contributed by atoms with Crippen molar-refractivity contribution in [3.63, 3.8) is 0 Å². The first-order valence-electron chi connectivity index (χ1n) is 10.2. The minimum absolute atomic E-state index is 0.0563. The number of benzene rings is 1. The summed E-state index contributed by atoms with van der Waals surface area (Å²) in [7, 11) is 1.70. The van der Waals surface area contributed by atoms with Crippen LogP contribution >= 0.6 is 11.3 Å². The van der Waals surface area contributed by atoms with Crippen LogP contribution in [0.15, 0.2) is 41.1 Å². The number of rotatable bonds is 8. The summed E-state index contributed by atoms with van der Waals surface area (Å²) in [5.41, 5.74) is 2.42. The zero-order valence-electron chi connectivity index (χ0n) is 16.5. The molecule has 0 radical (unpaired) electrons. The average Bonchev–Trinajstić information content (AvgIpc) is 3.18. The van der Waals surface area contributed by atoms with Gasteiger partial charge in [-0.15, -0.1) is 0 Å². The first-order chi connectivity index (χ1) is 13.7. The summed E-state index contributed by atoms with van der Waals surface area (Å²) in [5.74, 6) is 0.866. The molecule has 2 aliphatic rings. The zero-order valence-corrected chi connectivity index (χ0v) is 17.3. The van der Waals surface area contributed by atoms with E-state index >= 15 is 0 Å². The predicted octanol–water partition coefficient (Wildman–Crippen LogP) is 4.27. The summed E-state index contributed by atoms with van der Waals surface area (Å²) in [6, 6.07) is 11.0. The molecular weight excluding hydrogens is 370 g/mol. The number of urea groups is 1. The Bertz CT molecular complexity index is 770. The van der Waals surface area contributed by atoms with Gasteiger partial charge in [0.2, 0.25) is 0 Å². The van der Waals surface area contributed by atoms with E-state index in [1.807, 2.05) is 17.0 Å². The molecule has 28 heavy (non-hydrogen) atoms. The van der Waals surface area contributed by atoms with Gasteiger partial charge in [0.25, 0.3) is 0 Å². The van der Waals surface area contributed by atoms with Crippen LogP contribution in [0.4, 0.5) is 4.79 Å². The van der Waals surface area contributed by atoms with Gasteiger partial charge in [0.1, 0.15) is 5.75 Å². The van der Waals surface area contributed by atoms with E-state index in [1.165, 1.54) is 24.0 Å². The monoisotopic (exact) mass is 399 g/mol. The zero-order chi connectivity index (χ0) is 19.3. The number of hydrogen-bond acceptors (Lipinski definition) is 4. The van der Waals surface area contributed by atoms with Gasteiger partial charge in [-0.25, -0.2) is 4.79 Å². The fourth-order valence-corrected chi connectivity index (χ4v) is 4.64. The molecule has 150 valence electrons. The third kappa shape index (κ3) is 4.67. The molecule has 0 bridgehead atoms. The second kappa shape index (κ2) is 8.97. The second-order valence-corrected chi connectivity index (χ2v) is 8.49. The molecule has 2 fully saturated rings. The molecule has 6 heteroatoms. The minimum Gasteiger partial charge on any atom is -0.497 e. The molecule has 1 aromatic heterocycles. The third-order valence-corrected chi connectivity index (χ3v) is 6.42. The number of amides is 2. The molecular formula is C22H29N3O2S. The lowest BCUT2D eigenvalue weighted by molar-refractivity contribution is 0.183. The number of methoxy groups -OCH3 is 1. The van der Waals surface area contributed by atoms with Crippen LogP contribution in [0.2, 0.25) is 0 Å². The van der Waals surface area contributed by atoms with Crippen molar-refractivity contribution in [3.05, 3.63) is 52.2 Å². The fourth-order valence-electron chi connectivity index (χ4n) is 3.98. The highest BCUT2D eigenvalue weighted by atomic mass is 32.1. The highest BCUT2D eigenvalue weighted by Crippen LogP contribution is 2.30. The molecule has 1 aromatic carbocycles. The van der Waals surface area contributed by atoms with Gasteiger partial charge < -0.3 is 15.0 Å². The normalized spacial score (nSPS) is 18.0. The third-order valence-electron chi connectivity index (χ3n) is 5.69. The summed E-state index contributed by atoms with van der Waals surface area (Å²) in [6.07, 6.45) is 4.67. The van der Waals surface area contributed by atoms with Crippen molar-refractivity contribution in [2.24, 2.45) is 0 Å². The van der Waals surface area contributed by atoms with Crippen molar-refractivity contribution in [1.29, 1.82) is 0 Å². The molecule has 2 amide bonds. The first-order valence-corrected chi connectivity index (χ1v) is 11.1. The Hall–Kier alpha value is -2.05. The maximum Gasteiger partial charge on any atom is 0.318 e. The quantitative estimate of drug-likeness (QED) is 0.721. The van der Waals surface area contributed by atoms with E-state index in [-0.39, 0.29) is 12.1 Å². The molecule has 1 atom stereocenters. The maximum absolute atomic E-state index is 13.0. The van der Waals surface area contributed by atoms with Gasteiger partial charge in [0.15, 0.2) is 0 Å². The van der Waals surface area contributed by atoms with Crippen LogP contribution in [0.5, 0.6) is 5.75 Å². The topological polar surface area (TPSA) is 44.8 Å². The number of nitrogens with one attached hydrogen (secondary N) is 1. The largest absolute Gasteiger partial charge is 0.497 e. The van der Waals surface area contributed by atoms with Crippen molar-refractivity contribution in [2.75, 3.05) is 26.7 Å². The van der Waals surface area contributed by atoms with E-state index < -0.39 is 0 Å². The molecule has 2 heterocycles. The number of hydrogen-bond donors (Lipinski definition) is 1. The number of ether oxygens (including phenoxy) is 1. The summed E-state index contributed by atoms with van der Waals surface area (Å²) < 4.78 is 5.42. The highest BCUT2D eigenvalue weighted by Gasteiger charge is 2.33. The van der Waals surface area contributed by atoms with Gasteiger partial charge in [-0.1, -0.05) is 12.1 Å². The molecule has 1 unspecified atom stereocenters. The van der Waals surface area contributed by atoms with Crippen molar-refractivity contribution in [1.82, 2.24) is 15.1 Å². The van der Waals surface area contributed by atoms with Crippen LogP contribution in [0.3, 0.4) is 0 Å². The molecule has 4 rings (SSSR count). The number of nitrogens with zero attached hydrogens (tertiary/aromatic N) is 2. The van der Waals surface area contributed by atoms with E-state index in [1.54, 1.807) is 18.4 Å². The molecule has 5 nitrogen and oxygen atoms in total. The number of carbonyl (C=O) groups excluding carboxylic acids is 1. The highest BCUT2D eigenvalue weighted by molar-refractivity contribution is 7.07. The Labute approximate surface area is 171 Å². The Morgan fingerprint density at radius 3 is 2.82 bits per heavy atom. The Morgan fingerprint density at radius 1 is 1.32 bits per heavy atom. The van der Waals surface area contributed by atoms with Gasteiger partial charge in [0, 0.05) is 19.1 Å². The lowest BCUT2D eigenvalue weighted by Crippen LogP contribution is -2.44. The van der Waals surface area contributed by atoms with Crippen molar-refractivity contribution >= 4 is 17.4 Å². The van der Waals surface area contributed by atoms with Crippen LogP contribution in [0.25, 0.3) is 0 Å². The van der Waals surface area contributed by atoms with Crippen LogP contribution in [0, 0.1) is 0 Å². The van der Waals surface area contributed by atoms with Crippen molar-refractivity contribution < 1.29 is 9.53 Å². The van der Waals surface area contributed by atoms with Crippen molar-refractivity contribution in [3.8, 4) is 5.75 Å². The van der Waals surface area contributed by atoms with Crippen LogP contribution in [-0.4, -0.2) is 48.6 Å². The SMILES string of the molecule is COc1cccc(C(CNC(=O)N(Cc2ccsc2)C2CC2)N2CCCC2)c1. The van der Waals surface area contributed by atoms with Gasteiger partial charge in [-0.05, 0) is 78.9 Å². The van der Waals surface area contributed by atoms with Gasteiger partial charge >= 0.3 is 6.03 Å². The summed E-state index contributed by atoms with van der Waals surface area (Å²) in [6.45, 7) is 3.49. The second-order valence-electron chi connectivity index (χ2n) is 7.71. The smallest absolute Gasteiger partial charge is 0.318 e. The number of carbonyl (C=O) groups is 1. The molecule has 0 spiro atoms. The molecule has 1 N–H and O–H groups in total. The predicted molar refractivity (Wildman–Crippen MR) is 113 cm³/mol. The lowest BCUT2D eigenvalue weighted by atomic mass is 10.1. The van der Waals surface area contributed by atoms with E-state index in [0.29, 0.717) is 19.1 Å².